The van der Waals surface area contributed by atoms with Crippen LogP contribution in [0.15, 0.2) is 29.4 Å². The van der Waals surface area contributed by atoms with Crippen LogP contribution in [-0.2, 0) is 9.59 Å². The van der Waals surface area contributed by atoms with Crippen molar-refractivity contribution in [2.24, 2.45) is 28.8 Å². The van der Waals surface area contributed by atoms with E-state index in [1.54, 1.807) is 12.1 Å². The van der Waals surface area contributed by atoms with E-state index in [-0.39, 0.29) is 41.2 Å². The number of hydrogen-bond acceptors (Lipinski definition) is 5. The molecule has 1 heterocycles. The number of phenolic OH excluding ortho intramolecular Hbond substituents is 1. The summed E-state index contributed by atoms with van der Waals surface area (Å²) >= 11 is 2.00. The number of rotatable bonds is 4. The largest absolute Gasteiger partial charge is 0.504 e. The summed E-state index contributed by atoms with van der Waals surface area (Å²) in [6, 6.07) is 3.36. The van der Waals surface area contributed by atoms with Gasteiger partial charge in [0.05, 0.1) is 28.2 Å². The van der Waals surface area contributed by atoms with Crippen molar-refractivity contribution in [3.05, 3.63) is 33.4 Å². The van der Waals surface area contributed by atoms with E-state index in [1.165, 1.54) is 6.21 Å². The molecule has 0 aromatic heterocycles. The van der Waals surface area contributed by atoms with E-state index in [1.807, 2.05) is 29.5 Å². The van der Waals surface area contributed by atoms with Gasteiger partial charge >= 0.3 is 0 Å². The zero-order valence-corrected chi connectivity index (χ0v) is 15.7. The highest BCUT2D eigenvalue weighted by atomic mass is 127. The van der Waals surface area contributed by atoms with Gasteiger partial charge in [-0.3, -0.25) is 9.59 Å². The van der Waals surface area contributed by atoms with E-state index in [0.717, 1.165) is 11.4 Å². The molecule has 0 spiro atoms. The molecule has 1 aromatic carbocycles. The van der Waals surface area contributed by atoms with Crippen molar-refractivity contribution in [1.29, 1.82) is 0 Å². The minimum absolute atomic E-state index is 0.0742. The number of amides is 2. The van der Waals surface area contributed by atoms with Crippen molar-refractivity contribution in [3.63, 3.8) is 0 Å². The number of carbonyl (C=O) groups is 2. The van der Waals surface area contributed by atoms with Crippen LogP contribution in [0, 0.1) is 27.2 Å². The summed E-state index contributed by atoms with van der Waals surface area (Å²) in [6.45, 7) is 2.25. The van der Waals surface area contributed by atoms with Gasteiger partial charge < -0.3 is 9.84 Å². The SMILES string of the molecule is CCOc1cc(/C=N\N2C(=O)[C@H]3[C@H](C2=O)[C@H]2C=C[C@H]3C2)cc(I)c1O. The number of imide groups is 1. The Morgan fingerprint density at radius 2 is 1.92 bits per heavy atom. The highest BCUT2D eigenvalue weighted by molar-refractivity contribution is 14.1. The molecule has 2 amide bonds. The minimum Gasteiger partial charge on any atom is -0.504 e. The lowest BCUT2D eigenvalue weighted by molar-refractivity contribution is -0.140. The second-order valence-electron chi connectivity index (χ2n) is 6.52. The molecule has 3 aliphatic rings. The van der Waals surface area contributed by atoms with E-state index in [2.05, 4.69) is 17.3 Å². The van der Waals surface area contributed by atoms with E-state index >= 15 is 0 Å². The van der Waals surface area contributed by atoms with E-state index in [9.17, 15) is 14.7 Å². The van der Waals surface area contributed by atoms with Crippen molar-refractivity contribution in [1.82, 2.24) is 5.01 Å². The van der Waals surface area contributed by atoms with Crippen molar-refractivity contribution < 1.29 is 19.4 Å². The Balaban J connectivity index is 1.59. The number of fused-ring (bicyclic) bond motifs is 5. The average Bonchev–Trinajstić information content (AvgIpc) is 3.25. The average molecular weight is 452 g/mol. The standard InChI is InChI=1S/C18H17IN2O4/c1-2-25-13-6-9(5-12(19)16(13)22)8-20-21-17(23)14-10-3-4-11(7-10)15(14)18(21)24/h3-6,8,10-11,14-15,22H,2,7H2,1H3/b20-8-/t10-,11-,14+,15+/m0/s1. The lowest BCUT2D eigenvalue weighted by Gasteiger charge is -2.13. The molecule has 4 atom stereocenters. The van der Waals surface area contributed by atoms with Gasteiger partial charge in [-0.1, -0.05) is 12.2 Å². The molecule has 130 valence electrons. The highest BCUT2D eigenvalue weighted by Gasteiger charge is 2.59. The summed E-state index contributed by atoms with van der Waals surface area (Å²) in [7, 11) is 0. The number of nitrogens with zero attached hydrogens (tertiary/aromatic N) is 2. The Bertz CT molecular complexity index is 790. The summed E-state index contributed by atoms with van der Waals surface area (Å²) < 4.78 is 6.01. The molecule has 1 N–H and O–H groups in total. The first-order valence-electron chi connectivity index (χ1n) is 8.26. The van der Waals surface area contributed by atoms with Crippen molar-refractivity contribution in [2.45, 2.75) is 13.3 Å². The van der Waals surface area contributed by atoms with Gasteiger partial charge in [-0.25, -0.2) is 0 Å². The van der Waals surface area contributed by atoms with Gasteiger partial charge in [-0.15, -0.1) is 0 Å². The topological polar surface area (TPSA) is 79.2 Å². The Morgan fingerprint density at radius 3 is 2.52 bits per heavy atom. The second-order valence-corrected chi connectivity index (χ2v) is 7.68. The smallest absolute Gasteiger partial charge is 0.254 e. The molecule has 1 saturated heterocycles. The first-order chi connectivity index (χ1) is 12.0. The van der Waals surface area contributed by atoms with Crippen LogP contribution in [-0.4, -0.2) is 34.8 Å². The fourth-order valence-corrected chi connectivity index (χ4v) is 4.68. The second kappa shape index (κ2) is 6.12. The lowest BCUT2D eigenvalue weighted by Crippen LogP contribution is -2.28. The van der Waals surface area contributed by atoms with Crippen LogP contribution < -0.4 is 4.74 Å². The van der Waals surface area contributed by atoms with Gasteiger partial charge in [0.1, 0.15) is 0 Å². The molecule has 4 rings (SSSR count). The number of carbonyl (C=O) groups excluding carboxylic acids is 2. The van der Waals surface area contributed by atoms with Gasteiger partial charge in [0.15, 0.2) is 11.5 Å². The van der Waals surface area contributed by atoms with Crippen LogP contribution in [0.4, 0.5) is 0 Å². The maximum absolute atomic E-state index is 12.6. The summed E-state index contributed by atoms with van der Waals surface area (Å²) in [6.07, 6.45) is 6.48. The van der Waals surface area contributed by atoms with Gasteiger partial charge in [0, 0.05) is 0 Å². The predicted octanol–water partition coefficient (Wildman–Crippen LogP) is 2.54. The normalized spacial score (nSPS) is 29.9. The fourth-order valence-electron chi connectivity index (χ4n) is 4.06. The summed E-state index contributed by atoms with van der Waals surface area (Å²) in [4.78, 5) is 25.2. The molecule has 2 fully saturated rings. The number of halogens is 1. The Hall–Kier alpha value is -1.90. The molecule has 6 nitrogen and oxygen atoms in total. The molecule has 2 aliphatic carbocycles. The quantitative estimate of drug-likeness (QED) is 0.330. The number of aromatic hydroxyl groups is 1. The van der Waals surface area contributed by atoms with Crippen molar-refractivity contribution >= 4 is 40.6 Å². The molecule has 0 unspecified atom stereocenters. The fraction of sp³-hybridized carbons (Fsp3) is 0.389. The Kier molecular flexibility index (Phi) is 4.05. The number of phenols is 1. The number of ether oxygens (including phenoxy) is 1. The van der Waals surface area contributed by atoms with E-state index in [0.29, 0.717) is 21.5 Å². The third kappa shape index (κ3) is 2.56. The van der Waals surface area contributed by atoms with Crippen molar-refractivity contribution in [3.8, 4) is 11.5 Å². The van der Waals surface area contributed by atoms with Crippen LogP contribution in [0.3, 0.4) is 0 Å². The number of benzene rings is 1. The molecule has 2 bridgehead atoms. The van der Waals surface area contributed by atoms with Gasteiger partial charge in [0.25, 0.3) is 11.8 Å². The Labute approximate surface area is 158 Å². The van der Waals surface area contributed by atoms with Crippen LogP contribution in [0.2, 0.25) is 0 Å². The zero-order chi connectivity index (χ0) is 17.7. The molecule has 25 heavy (non-hydrogen) atoms. The van der Waals surface area contributed by atoms with E-state index in [4.69, 9.17) is 4.74 Å². The summed E-state index contributed by atoms with van der Waals surface area (Å²) in [5.41, 5.74) is 0.657. The summed E-state index contributed by atoms with van der Waals surface area (Å²) in [5.74, 6) is -0.142. The molecule has 7 heteroatoms. The van der Waals surface area contributed by atoms with Crippen LogP contribution in [0.5, 0.6) is 11.5 Å². The van der Waals surface area contributed by atoms with Gasteiger partial charge in [-0.2, -0.15) is 10.1 Å². The molecule has 1 aliphatic heterocycles. The molecular weight excluding hydrogens is 435 g/mol. The van der Waals surface area contributed by atoms with E-state index < -0.39 is 0 Å². The molecule has 0 radical (unpaired) electrons. The van der Waals surface area contributed by atoms with Crippen LogP contribution >= 0.6 is 22.6 Å². The highest BCUT2D eigenvalue weighted by Crippen LogP contribution is 2.52. The molecular formula is C18H17IN2O4. The molecule has 1 aromatic rings. The minimum atomic E-state index is -0.251. The van der Waals surface area contributed by atoms with Crippen LogP contribution in [0.25, 0.3) is 0 Å². The van der Waals surface area contributed by atoms with Crippen LogP contribution in [0.1, 0.15) is 18.9 Å². The van der Waals surface area contributed by atoms with Gasteiger partial charge in [0.2, 0.25) is 0 Å². The monoisotopic (exact) mass is 452 g/mol. The third-order valence-corrected chi connectivity index (χ3v) is 5.94. The first kappa shape index (κ1) is 16.6. The Morgan fingerprint density at radius 1 is 1.28 bits per heavy atom. The number of hydrazone groups is 1. The third-order valence-electron chi connectivity index (χ3n) is 5.12. The predicted molar refractivity (Wildman–Crippen MR) is 99.2 cm³/mol. The number of allylic oxidation sites excluding steroid dienone is 2. The zero-order valence-electron chi connectivity index (χ0n) is 13.6. The van der Waals surface area contributed by atoms with Crippen molar-refractivity contribution in [2.75, 3.05) is 6.61 Å². The number of hydrogen-bond donors (Lipinski definition) is 1. The van der Waals surface area contributed by atoms with Gasteiger partial charge in [-0.05, 0) is 65.5 Å². The maximum Gasteiger partial charge on any atom is 0.254 e. The lowest BCUT2D eigenvalue weighted by atomic mass is 9.85. The molecule has 1 saturated carbocycles. The maximum atomic E-state index is 12.6. The first-order valence-corrected chi connectivity index (χ1v) is 9.34. The summed E-state index contributed by atoms with van der Waals surface area (Å²) in [5, 5.41) is 15.2.